The zero-order chi connectivity index (χ0) is 13.7. The molecule has 0 fully saturated rings. The van der Waals surface area contributed by atoms with Crippen molar-refractivity contribution in [3.63, 3.8) is 0 Å². The minimum absolute atomic E-state index is 0.229. The molecule has 0 heterocycles. The molecule has 1 atom stereocenters. The van der Waals surface area contributed by atoms with Gasteiger partial charge in [-0.1, -0.05) is 48.5 Å². The summed E-state index contributed by atoms with van der Waals surface area (Å²) < 4.78 is 0. The van der Waals surface area contributed by atoms with Crippen LogP contribution in [0, 0.1) is 6.92 Å². The lowest BCUT2D eigenvalue weighted by atomic mass is 10.0. The number of likely N-dealkylation sites (N-methyl/N-ethyl adjacent to an activating group) is 1. The second-order valence-corrected chi connectivity index (χ2v) is 4.73. The number of nitrogens with zero attached hydrogens (tertiary/aromatic N) is 1. The first-order valence-corrected chi connectivity index (χ1v) is 6.85. The van der Waals surface area contributed by atoms with Crippen LogP contribution in [-0.2, 0) is 0 Å². The zero-order valence-electron chi connectivity index (χ0n) is 11.7. The maximum absolute atomic E-state index is 6.03. The molecule has 0 aliphatic heterocycles. The Labute approximate surface area is 115 Å². The second kappa shape index (κ2) is 6.39. The molecule has 0 aromatic heterocycles. The molecular weight excluding hydrogens is 232 g/mol. The van der Waals surface area contributed by atoms with Gasteiger partial charge in [-0.2, -0.15) is 0 Å². The van der Waals surface area contributed by atoms with E-state index in [4.69, 9.17) is 5.73 Å². The van der Waals surface area contributed by atoms with Crippen molar-refractivity contribution in [2.24, 2.45) is 5.73 Å². The van der Waals surface area contributed by atoms with Gasteiger partial charge in [-0.25, -0.2) is 0 Å². The van der Waals surface area contributed by atoms with Gasteiger partial charge >= 0.3 is 0 Å². The van der Waals surface area contributed by atoms with E-state index in [1.165, 1.54) is 16.8 Å². The third kappa shape index (κ3) is 2.96. The second-order valence-electron chi connectivity index (χ2n) is 4.73. The molecule has 2 rings (SSSR count). The molecule has 19 heavy (non-hydrogen) atoms. The average Bonchev–Trinajstić information content (AvgIpc) is 2.46. The van der Waals surface area contributed by atoms with Crippen molar-refractivity contribution in [2.75, 3.05) is 18.0 Å². The Morgan fingerprint density at radius 3 is 2.21 bits per heavy atom. The first-order chi connectivity index (χ1) is 9.27. The molecule has 0 amide bonds. The van der Waals surface area contributed by atoms with E-state index in [0.29, 0.717) is 6.54 Å². The predicted octanol–water partition coefficient (Wildman–Crippen LogP) is 3.52. The summed E-state index contributed by atoms with van der Waals surface area (Å²) in [4.78, 5) is 2.38. The van der Waals surface area contributed by atoms with Crippen molar-refractivity contribution in [3.05, 3.63) is 65.7 Å². The average molecular weight is 254 g/mol. The van der Waals surface area contributed by atoms with E-state index in [2.05, 4.69) is 67.3 Å². The van der Waals surface area contributed by atoms with E-state index in [9.17, 15) is 0 Å². The molecule has 2 heteroatoms. The first-order valence-electron chi connectivity index (χ1n) is 6.85. The molecule has 0 bridgehead atoms. The van der Waals surface area contributed by atoms with E-state index in [0.717, 1.165) is 6.54 Å². The molecule has 2 N–H and O–H groups in total. The van der Waals surface area contributed by atoms with Crippen molar-refractivity contribution in [2.45, 2.75) is 19.9 Å². The van der Waals surface area contributed by atoms with Crippen LogP contribution in [0.15, 0.2) is 54.6 Å². The van der Waals surface area contributed by atoms with Crippen LogP contribution >= 0.6 is 0 Å². The van der Waals surface area contributed by atoms with Crippen molar-refractivity contribution >= 4 is 5.69 Å². The molecule has 0 saturated carbocycles. The minimum Gasteiger partial charge on any atom is -0.363 e. The molecule has 0 aliphatic carbocycles. The molecule has 0 spiro atoms. The van der Waals surface area contributed by atoms with Gasteiger partial charge in [0.05, 0.1) is 6.04 Å². The third-order valence-electron chi connectivity index (χ3n) is 3.55. The van der Waals surface area contributed by atoms with Gasteiger partial charge in [0.15, 0.2) is 0 Å². The molecule has 0 radical (unpaired) electrons. The van der Waals surface area contributed by atoms with Gasteiger partial charge < -0.3 is 10.6 Å². The van der Waals surface area contributed by atoms with Crippen LogP contribution in [-0.4, -0.2) is 13.1 Å². The Kier molecular flexibility index (Phi) is 4.58. The van der Waals surface area contributed by atoms with Crippen molar-refractivity contribution in [1.82, 2.24) is 0 Å². The lowest BCUT2D eigenvalue weighted by Gasteiger charge is -2.33. The van der Waals surface area contributed by atoms with Gasteiger partial charge in [-0.15, -0.1) is 0 Å². The fourth-order valence-corrected chi connectivity index (χ4v) is 2.56. The number of anilines is 1. The maximum Gasteiger partial charge on any atom is 0.0664 e. The maximum atomic E-state index is 6.03. The number of para-hydroxylation sites is 1. The van der Waals surface area contributed by atoms with Gasteiger partial charge in [0.25, 0.3) is 0 Å². The van der Waals surface area contributed by atoms with E-state index < -0.39 is 0 Å². The molecule has 2 aromatic rings. The Morgan fingerprint density at radius 1 is 1.00 bits per heavy atom. The highest BCUT2D eigenvalue weighted by molar-refractivity contribution is 5.54. The Balaban J connectivity index is 2.38. The van der Waals surface area contributed by atoms with Crippen LogP contribution in [0.1, 0.15) is 24.1 Å². The number of rotatable bonds is 5. The number of hydrogen-bond donors (Lipinski definition) is 1. The number of nitrogens with two attached hydrogens (primary N) is 1. The summed E-state index contributed by atoms with van der Waals surface area (Å²) in [5, 5.41) is 0. The highest BCUT2D eigenvalue weighted by Gasteiger charge is 2.18. The van der Waals surface area contributed by atoms with E-state index in [1.54, 1.807) is 0 Å². The van der Waals surface area contributed by atoms with E-state index >= 15 is 0 Å². The van der Waals surface area contributed by atoms with E-state index in [1.807, 2.05) is 6.07 Å². The molecule has 2 aromatic carbocycles. The van der Waals surface area contributed by atoms with Gasteiger partial charge in [-0.3, -0.25) is 0 Å². The Morgan fingerprint density at radius 2 is 1.63 bits per heavy atom. The zero-order valence-corrected chi connectivity index (χ0v) is 11.7. The lowest BCUT2D eigenvalue weighted by molar-refractivity contribution is 0.642. The summed E-state index contributed by atoms with van der Waals surface area (Å²) in [5.74, 6) is 0. The monoisotopic (exact) mass is 254 g/mol. The number of aryl methyl sites for hydroxylation is 1. The molecule has 100 valence electrons. The van der Waals surface area contributed by atoms with Gasteiger partial charge in [0, 0.05) is 18.8 Å². The number of benzene rings is 2. The van der Waals surface area contributed by atoms with Crippen molar-refractivity contribution in [3.8, 4) is 0 Å². The molecule has 0 saturated heterocycles. The molecule has 0 aliphatic rings. The van der Waals surface area contributed by atoms with E-state index in [-0.39, 0.29) is 6.04 Å². The summed E-state index contributed by atoms with van der Waals surface area (Å²) in [7, 11) is 0. The van der Waals surface area contributed by atoms with Crippen LogP contribution in [0.4, 0.5) is 5.69 Å². The third-order valence-corrected chi connectivity index (χ3v) is 3.55. The summed E-state index contributed by atoms with van der Waals surface area (Å²) in [6.07, 6.45) is 0. The fraction of sp³-hybridized carbons (Fsp3) is 0.294. The quantitative estimate of drug-likeness (QED) is 0.884. The summed E-state index contributed by atoms with van der Waals surface area (Å²) in [6.45, 7) is 5.89. The lowest BCUT2D eigenvalue weighted by Crippen LogP contribution is -2.34. The largest absolute Gasteiger partial charge is 0.363 e. The van der Waals surface area contributed by atoms with Crippen LogP contribution in [0.25, 0.3) is 0 Å². The van der Waals surface area contributed by atoms with Crippen LogP contribution in [0.5, 0.6) is 0 Å². The van der Waals surface area contributed by atoms with Crippen molar-refractivity contribution in [1.29, 1.82) is 0 Å². The normalized spacial score (nSPS) is 12.2. The molecule has 1 unspecified atom stereocenters. The topological polar surface area (TPSA) is 29.3 Å². The van der Waals surface area contributed by atoms with Crippen molar-refractivity contribution < 1.29 is 0 Å². The summed E-state index contributed by atoms with van der Waals surface area (Å²) in [5.41, 5.74) is 9.86. The summed E-state index contributed by atoms with van der Waals surface area (Å²) in [6, 6.07) is 19.2. The Bertz CT molecular complexity index is 508. The predicted molar refractivity (Wildman–Crippen MR) is 82.4 cm³/mol. The fourth-order valence-electron chi connectivity index (χ4n) is 2.56. The highest BCUT2D eigenvalue weighted by Crippen LogP contribution is 2.28. The Hall–Kier alpha value is -1.80. The standard InChI is InChI=1S/C17H22N2/c1-3-19(16-12-8-7-9-14(16)2)17(13-18)15-10-5-4-6-11-15/h4-12,17H,3,13,18H2,1-2H3. The highest BCUT2D eigenvalue weighted by atomic mass is 15.2. The van der Waals surface area contributed by atoms with Gasteiger partial charge in [0.2, 0.25) is 0 Å². The van der Waals surface area contributed by atoms with Gasteiger partial charge in [-0.05, 0) is 31.0 Å². The molecule has 2 nitrogen and oxygen atoms in total. The number of hydrogen-bond acceptors (Lipinski definition) is 2. The summed E-state index contributed by atoms with van der Waals surface area (Å²) >= 11 is 0. The smallest absolute Gasteiger partial charge is 0.0664 e. The van der Waals surface area contributed by atoms with Crippen LogP contribution in [0.3, 0.4) is 0 Å². The van der Waals surface area contributed by atoms with Gasteiger partial charge in [0.1, 0.15) is 0 Å². The minimum atomic E-state index is 0.229. The molecular formula is C17H22N2. The first kappa shape index (κ1) is 13.6. The SMILES string of the molecule is CCN(c1ccccc1C)C(CN)c1ccccc1. The van der Waals surface area contributed by atoms with Crippen LogP contribution in [0.2, 0.25) is 0 Å². The van der Waals surface area contributed by atoms with Crippen LogP contribution < -0.4 is 10.6 Å².